The third kappa shape index (κ3) is 4.72. The first-order valence-corrected chi connectivity index (χ1v) is 6.13. The van der Waals surface area contributed by atoms with Gasteiger partial charge in [-0.1, -0.05) is 13.8 Å². The molecule has 6 heteroatoms. The maximum absolute atomic E-state index is 13.5. The lowest BCUT2D eigenvalue weighted by atomic mass is 9.88. The van der Waals surface area contributed by atoms with Gasteiger partial charge in [0, 0.05) is 13.0 Å². The van der Waals surface area contributed by atoms with Crippen molar-refractivity contribution in [3.05, 3.63) is 29.6 Å². The van der Waals surface area contributed by atoms with E-state index in [0.717, 1.165) is 12.1 Å². The van der Waals surface area contributed by atoms with E-state index in [1.165, 1.54) is 0 Å². The third-order valence-corrected chi connectivity index (χ3v) is 2.96. The Labute approximate surface area is 115 Å². The van der Waals surface area contributed by atoms with E-state index in [0.29, 0.717) is 18.9 Å². The van der Waals surface area contributed by atoms with Crippen LogP contribution in [0.25, 0.3) is 0 Å². The molecule has 1 aromatic carbocycles. The molecule has 0 atom stereocenters. The molecule has 0 aliphatic heterocycles. The summed E-state index contributed by atoms with van der Waals surface area (Å²) in [7, 11) is 0. The Bertz CT molecular complexity index is 501. The van der Waals surface area contributed by atoms with Gasteiger partial charge in [0.15, 0.2) is 0 Å². The van der Waals surface area contributed by atoms with Gasteiger partial charge in [-0.25, -0.2) is 4.39 Å². The van der Waals surface area contributed by atoms with Gasteiger partial charge in [0.1, 0.15) is 5.82 Å². The van der Waals surface area contributed by atoms with Crippen LogP contribution in [0.5, 0.6) is 0 Å². The van der Waals surface area contributed by atoms with Gasteiger partial charge in [0.25, 0.3) is 0 Å². The van der Waals surface area contributed by atoms with Gasteiger partial charge in [-0.05, 0) is 30.0 Å². The van der Waals surface area contributed by atoms with Crippen LogP contribution in [0.4, 0.5) is 23.2 Å². The zero-order valence-corrected chi connectivity index (χ0v) is 11.3. The number of benzene rings is 1. The summed E-state index contributed by atoms with van der Waals surface area (Å²) in [6, 6.07) is 4.28. The molecule has 0 amide bonds. The first-order valence-electron chi connectivity index (χ1n) is 6.13. The Hall–Kier alpha value is -1.77. The molecule has 0 fully saturated rings. The minimum Gasteiger partial charge on any atom is -0.382 e. The number of nitriles is 1. The van der Waals surface area contributed by atoms with E-state index in [2.05, 4.69) is 5.32 Å². The second kappa shape index (κ2) is 6.12. The smallest absolute Gasteiger partial charge is 0.382 e. The molecule has 1 N–H and O–H groups in total. The molecular weight excluding hydrogens is 272 g/mol. The predicted molar refractivity (Wildman–Crippen MR) is 68.5 cm³/mol. The van der Waals surface area contributed by atoms with Gasteiger partial charge in [0.2, 0.25) is 0 Å². The van der Waals surface area contributed by atoms with E-state index in [1.807, 2.05) is 19.9 Å². The number of rotatable bonds is 5. The highest BCUT2D eigenvalue weighted by Gasteiger charge is 2.31. The SMILES string of the molecule is CC(C)(CCC#N)CNc1cc(C(F)(F)F)ccc1F. The molecule has 0 saturated heterocycles. The van der Waals surface area contributed by atoms with Crippen molar-refractivity contribution in [1.29, 1.82) is 5.26 Å². The summed E-state index contributed by atoms with van der Waals surface area (Å²) in [5.74, 6) is -0.728. The monoisotopic (exact) mass is 288 g/mol. The number of nitrogens with zero attached hydrogens (tertiary/aromatic N) is 1. The fourth-order valence-electron chi connectivity index (χ4n) is 1.65. The highest BCUT2D eigenvalue weighted by Crippen LogP contribution is 2.32. The molecule has 0 saturated carbocycles. The van der Waals surface area contributed by atoms with Crippen molar-refractivity contribution in [2.75, 3.05) is 11.9 Å². The Morgan fingerprint density at radius 3 is 2.45 bits per heavy atom. The van der Waals surface area contributed by atoms with E-state index in [4.69, 9.17) is 5.26 Å². The molecule has 110 valence electrons. The molecule has 0 unspecified atom stereocenters. The largest absolute Gasteiger partial charge is 0.416 e. The molecule has 0 spiro atoms. The highest BCUT2D eigenvalue weighted by atomic mass is 19.4. The molecule has 0 aromatic heterocycles. The molecule has 1 rings (SSSR count). The van der Waals surface area contributed by atoms with Crippen LogP contribution in [0.3, 0.4) is 0 Å². The molecule has 0 radical (unpaired) electrons. The van der Waals surface area contributed by atoms with Crippen molar-refractivity contribution in [3.8, 4) is 6.07 Å². The van der Waals surface area contributed by atoms with Gasteiger partial charge in [-0.2, -0.15) is 18.4 Å². The lowest BCUT2D eigenvalue weighted by Crippen LogP contribution is -2.23. The quantitative estimate of drug-likeness (QED) is 0.805. The normalized spacial score (nSPS) is 12.1. The number of hydrogen-bond acceptors (Lipinski definition) is 2. The van der Waals surface area contributed by atoms with Crippen LogP contribution in [0.15, 0.2) is 18.2 Å². The molecule has 0 aliphatic rings. The van der Waals surface area contributed by atoms with Crippen LogP contribution in [-0.2, 0) is 6.18 Å². The van der Waals surface area contributed by atoms with Crippen molar-refractivity contribution in [1.82, 2.24) is 0 Å². The van der Waals surface area contributed by atoms with Gasteiger partial charge < -0.3 is 5.32 Å². The molecule has 20 heavy (non-hydrogen) atoms. The third-order valence-electron chi connectivity index (χ3n) is 2.96. The van der Waals surface area contributed by atoms with E-state index >= 15 is 0 Å². The van der Waals surface area contributed by atoms with Gasteiger partial charge in [-0.3, -0.25) is 0 Å². The fraction of sp³-hybridized carbons (Fsp3) is 0.500. The Morgan fingerprint density at radius 2 is 1.90 bits per heavy atom. The van der Waals surface area contributed by atoms with E-state index in [9.17, 15) is 17.6 Å². The Morgan fingerprint density at radius 1 is 1.25 bits per heavy atom. The topological polar surface area (TPSA) is 35.8 Å². The van der Waals surface area contributed by atoms with Crippen molar-refractivity contribution in [3.63, 3.8) is 0 Å². The number of hydrogen-bond donors (Lipinski definition) is 1. The molecule has 0 aliphatic carbocycles. The van der Waals surface area contributed by atoms with E-state index in [-0.39, 0.29) is 17.6 Å². The van der Waals surface area contributed by atoms with Crippen LogP contribution >= 0.6 is 0 Å². The van der Waals surface area contributed by atoms with Crippen molar-refractivity contribution in [2.24, 2.45) is 5.41 Å². The first kappa shape index (κ1) is 16.3. The van der Waals surface area contributed by atoms with Crippen LogP contribution in [0.2, 0.25) is 0 Å². The minimum atomic E-state index is -4.50. The maximum Gasteiger partial charge on any atom is 0.416 e. The summed E-state index contributed by atoms with van der Waals surface area (Å²) >= 11 is 0. The Kier molecular flexibility index (Phi) is 4.98. The molecule has 0 bridgehead atoms. The van der Waals surface area contributed by atoms with Gasteiger partial charge >= 0.3 is 6.18 Å². The highest BCUT2D eigenvalue weighted by molar-refractivity contribution is 5.48. The second-order valence-electron chi connectivity index (χ2n) is 5.37. The summed E-state index contributed by atoms with van der Waals surface area (Å²) < 4.78 is 51.2. The zero-order chi connectivity index (χ0) is 15.4. The summed E-state index contributed by atoms with van der Waals surface area (Å²) in [4.78, 5) is 0. The fourth-order valence-corrected chi connectivity index (χ4v) is 1.65. The molecule has 1 aromatic rings. The van der Waals surface area contributed by atoms with Crippen LogP contribution in [-0.4, -0.2) is 6.54 Å². The van der Waals surface area contributed by atoms with Gasteiger partial charge in [0.05, 0.1) is 17.3 Å². The van der Waals surface area contributed by atoms with Crippen molar-refractivity contribution in [2.45, 2.75) is 32.9 Å². The van der Waals surface area contributed by atoms with Crippen molar-refractivity contribution >= 4 is 5.69 Å². The molecular formula is C14H16F4N2. The number of alkyl halides is 3. The van der Waals surface area contributed by atoms with Gasteiger partial charge in [-0.15, -0.1) is 0 Å². The first-order chi connectivity index (χ1) is 9.15. The standard InChI is InChI=1S/C14H16F4N2/c1-13(2,6-3-7-19)9-20-12-8-10(14(16,17)18)4-5-11(12)15/h4-5,8,20H,3,6,9H2,1-2H3. The number of anilines is 1. The van der Waals surface area contributed by atoms with E-state index < -0.39 is 17.6 Å². The maximum atomic E-state index is 13.5. The van der Waals surface area contributed by atoms with Crippen LogP contribution in [0, 0.1) is 22.6 Å². The summed E-state index contributed by atoms with van der Waals surface area (Å²) in [6.07, 6.45) is -3.57. The number of nitrogens with one attached hydrogen (secondary N) is 1. The summed E-state index contributed by atoms with van der Waals surface area (Å²) in [6.45, 7) is 4.01. The van der Waals surface area contributed by atoms with E-state index in [1.54, 1.807) is 0 Å². The zero-order valence-electron chi connectivity index (χ0n) is 11.3. The molecule has 2 nitrogen and oxygen atoms in total. The second-order valence-corrected chi connectivity index (χ2v) is 5.37. The minimum absolute atomic E-state index is 0.176. The van der Waals surface area contributed by atoms with Crippen molar-refractivity contribution < 1.29 is 17.6 Å². The van der Waals surface area contributed by atoms with Crippen LogP contribution < -0.4 is 5.32 Å². The summed E-state index contributed by atoms with van der Waals surface area (Å²) in [5.41, 5.74) is -1.38. The average molecular weight is 288 g/mol. The summed E-state index contributed by atoms with van der Waals surface area (Å²) in [5, 5.41) is 11.2. The number of halogens is 4. The lowest BCUT2D eigenvalue weighted by molar-refractivity contribution is -0.137. The lowest BCUT2D eigenvalue weighted by Gasteiger charge is -2.24. The van der Waals surface area contributed by atoms with Crippen LogP contribution in [0.1, 0.15) is 32.3 Å². The average Bonchev–Trinajstić information content (AvgIpc) is 2.34. The predicted octanol–water partition coefficient (Wildman–Crippen LogP) is 4.59. The molecule has 0 heterocycles. The Balaban J connectivity index is 2.80.